The molecule has 106 valence electrons. The normalized spacial score (nSPS) is 11.7. The van der Waals surface area contributed by atoms with Gasteiger partial charge < -0.3 is 4.57 Å². The van der Waals surface area contributed by atoms with Gasteiger partial charge in [-0.25, -0.2) is 0 Å². The Kier molecular flexibility index (Phi) is 3.65. The van der Waals surface area contributed by atoms with E-state index in [1.165, 1.54) is 13.0 Å². The molecule has 1 aromatic heterocycles. The summed E-state index contributed by atoms with van der Waals surface area (Å²) in [6.45, 7) is 3.13. The van der Waals surface area contributed by atoms with Crippen molar-refractivity contribution in [3.63, 3.8) is 0 Å². The molecule has 0 saturated heterocycles. The van der Waals surface area contributed by atoms with E-state index < -0.39 is 12.0 Å². The molecule has 0 N–H and O–H groups in total. The van der Waals surface area contributed by atoms with Gasteiger partial charge in [0.2, 0.25) is 0 Å². The van der Waals surface area contributed by atoms with Gasteiger partial charge in [-0.3, -0.25) is 4.79 Å². The molecule has 20 heavy (non-hydrogen) atoms. The molecule has 0 radical (unpaired) electrons. The Labute approximate surface area is 118 Å². The quantitative estimate of drug-likeness (QED) is 0.749. The number of hydrogen-bond acceptors (Lipinski definition) is 1. The Hall–Kier alpha value is -1.75. The second-order valence-corrected chi connectivity index (χ2v) is 4.86. The van der Waals surface area contributed by atoms with Crippen LogP contribution in [0, 0.1) is 13.8 Å². The zero-order chi connectivity index (χ0) is 15.1. The summed E-state index contributed by atoms with van der Waals surface area (Å²) in [5.41, 5.74) is 1.14. The van der Waals surface area contributed by atoms with Crippen LogP contribution >= 0.6 is 11.6 Å². The molecular formula is C14H11ClF3NO. The molecule has 0 aliphatic carbocycles. The molecule has 0 fully saturated rings. The zero-order valence-electron chi connectivity index (χ0n) is 10.8. The highest BCUT2D eigenvalue weighted by molar-refractivity contribution is 6.30. The summed E-state index contributed by atoms with van der Waals surface area (Å²) in [7, 11) is 0. The van der Waals surface area contributed by atoms with Crippen molar-refractivity contribution in [1.29, 1.82) is 0 Å². The molecule has 2 aromatic rings. The number of rotatable bonds is 2. The van der Waals surface area contributed by atoms with Crippen molar-refractivity contribution in [2.75, 3.05) is 0 Å². The Morgan fingerprint density at radius 2 is 1.70 bits per heavy atom. The van der Waals surface area contributed by atoms with E-state index in [4.69, 9.17) is 11.6 Å². The number of Topliss-reactive ketones (excluding diaryl/α,β-unsaturated/α-hetero) is 1. The van der Waals surface area contributed by atoms with Crippen LogP contribution in [0.3, 0.4) is 0 Å². The van der Waals surface area contributed by atoms with Crippen molar-refractivity contribution in [2.45, 2.75) is 20.0 Å². The van der Waals surface area contributed by atoms with Gasteiger partial charge in [0.25, 0.3) is 5.78 Å². The fraction of sp³-hybridized carbons (Fsp3) is 0.214. The Morgan fingerprint density at radius 3 is 2.20 bits per heavy atom. The second kappa shape index (κ2) is 4.98. The molecule has 1 heterocycles. The lowest BCUT2D eigenvalue weighted by Crippen LogP contribution is -2.23. The lowest BCUT2D eigenvalue weighted by Gasteiger charge is -2.10. The minimum absolute atomic E-state index is 0.257. The van der Waals surface area contributed by atoms with E-state index in [1.807, 2.05) is 0 Å². The molecule has 0 amide bonds. The smallest absolute Gasteiger partial charge is 0.318 e. The molecule has 0 aliphatic rings. The van der Waals surface area contributed by atoms with E-state index in [1.54, 1.807) is 35.8 Å². The highest BCUT2D eigenvalue weighted by Crippen LogP contribution is 2.28. The van der Waals surface area contributed by atoms with Gasteiger partial charge in [-0.15, -0.1) is 0 Å². The largest absolute Gasteiger partial charge is 0.454 e. The summed E-state index contributed by atoms with van der Waals surface area (Å²) in [5, 5.41) is 0.530. The van der Waals surface area contributed by atoms with Gasteiger partial charge in [0.05, 0.1) is 0 Å². The molecule has 2 nitrogen and oxygen atoms in total. The van der Waals surface area contributed by atoms with E-state index in [9.17, 15) is 18.0 Å². The summed E-state index contributed by atoms with van der Waals surface area (Å²) >= 11 is 5.78. The number of nitrogens with zero attached hydrogens (tertiary/aromatic N) is 1. The van der Waals surface area contributed by atoms with Gasteiger partial charge >= 0.3 is 6.18 Å². The first kappa shape index (κ1) is 14.7. The number of carbonyl (C=O) groups is 1. The number of alkyl halides is 3. The number of ketones is 1. The van der Waals surface area contributed by atoms with Crippen LogP contribution in [-0.2, 0) is 0 Å². The summed E-state index contributed by atoms with van der Waals surface area (Å²) in [5.74, 6) is -1.83. The maximum Gasteiger partial charge on any atom is 0.454 e. The highest BCUT2D eigenvalue weighted by Gasteiger charge is 2.41. The SMILES string of the molecule is Cc1cc(C(=O)C(F)(F)F)c(C)n1-c1ccc(Cl)cc1. The van der Waals surface area contributed by atoms with E-state index in [0.29, 0.717) is 16.4 Å². The Bertz CT molecular complexity index is 656. The van der Waals surface area contributed by atoms with Crippen molar-refractivity contribution in [1.82, 2.24) is 4.57 Å². The van der Waals surface area contributed by atoms with Crippen molar-refractivity contribution in [2.24, 2.45) is 0 Å². The van der Waals surface area contributed by atoms with E-state index in [0.717, 1.165) is 0 Å². The van der Waals surface area contributed by atoms with Crippen LogP contribution in [0.15, 0.2) is 30.3 Å². The van der Waals surface area contributed by atoms with Gasteiger partial charge in [-0.2, -0.15) is 13.2 Å². The Balaban J connectivity index is 2.55. The molecular weight excluding hydrogens is 291 g/mol. The molecule has 0 saturated carbocycles. The van der Waals surface area contributed by atoms with Crippen LogP contribution in [0.5, 0.6) is 0 Å². The number of aryl methyl sites for hydroxylation is 1. The van der Waals surface area contributed by atoms with Crippen molar-refractivity contribution >= 4 is 17.4 Å². The molecule has 0 aliphatic heterocycles. The van der Waals surface area contributed by atoms with Crippen molar-refractivity contribution in [3.8, 4) is 5.69 Å². The third-order valence-corrected chi connectivity index (χ3v) is 3.27. The first-order valence-corrected chi connectivity index (χ1v) is 6.16. The summed E-state index contributed by atoms with van der Waals surface area (Å²) in [6, 6.07) is 7.90. The van der Waals surface area contributed by atoms with E-state index in [-0.39, 0.29) is 11.3 Å². The average Bonchev–Trinajstić information content (AvgIpc) is 2.64. The van der Waals surface area contributed by atoms with Gasteiger partial charge in [0.15, 0.2) is 0 Å². The highest BCUT2D eigenvalue weighted by atomic mass is 35.5. The van der Waals surface area contributed by atoms with Crippen LogP contribution in [0.4, 0.5) is 13.2 Å². The van der Waals surface area contributed by atoms with Crippen molar-refractivity contribution in [3.05, 3.63) is 52.3 Å². The number of benzene rings is 1. The van der Waals surface area contributed by atoms with Gasteiger partial charge in [0, 0.05) is 27.7 Å². The average molecular weight is 302 g/mol. The number of hydrogen-bond donors (Lipinski definition) is 0. The van der Waals surface area contributed by atoms with Crippen LogP contribution in [0.2, 0.25) is 5.02 Å². The fourth-order valence-electron chi connectivity index (χ4n) is 2.13. The van der Waals surface area contributed by atoms with E-state index >= 15 is 0 Å². The van der Waals surface area contributed by atoms with Crippen LogP contribution in [-0.4, -0.2) is 16.5 Å². The van der Waals surface area contributed by atoms with Crippen LogP contribution in [0.1, 0.15) is 21.7 Å². The van der Waals surface area contributed by atoms with Crippen LogP contribution in [0.25, 0.3) is 5.69 Å². The predicted octanol–water partition coefficient (Wildman–Crippen LogP) is 4.49. The third-order valence-electron chi connectivity index (χ3n) is 3.02. The zero-order valence-corrected chi connectivity index (χ0v) is 11.5. The molecule has 0 unspecified atom stereocenters. The fourth-order valence-corrected chi connectivity index (χ4v) is 2.26. The number of aromatic nitrogens is 1. The number of carbonyl (C=O) groups excluding carboxylic acids is 1. The maximum atomic E-state index is 12.5. The Morgan fingerprint density at radius 1 is 1.15 bits per heavy atom. The molecule has 0 bridgehead atoms. The molecule has 1 aromatic carbocycles. The summed E-state index contributed by atoms with van der Waals surface area (Å²) < 4.78 is 39.2. The minimum atomic E-state index is -4.87. The predicted molar refractivity (Wildman–Crippen MR) is 70.6 cm³/mol. The number of halogens is 4. The van der Waals surface area contributed by atoms with E-state index in [2.05, 4.69) is 0 Å². The topological polar surface area (TPSA) is 22.0 Å². The lowest BCUT2D eigenvalue weighted by atomic mass is 10.1. The molecule has 0 atom stereocenters. The molecule has 2 rings (SSSR count). The maximum absolute atomic E-state index is 12.5. The van der Waals surface area contributed by atoms with Crippen molar-refractivity contribution < 1.29 is 18.0 Å². The first-order valence-electron chi connectivity index (χ1n) is 5.78. The first-order chi connectivity index (χ1) is 9.21. The van der Waals surface area contributed by atoms with Gasteiger partial charge in [-0.1, -0.05) is 11.6 Å². The lowest BCUT2D eigenvalue weighted by molar-refractivity contribution is -0.0885. The van der Waals surface area contributed by atoms with Gasteiger partial charge in [-0.05, 0) is 44.2 Å². The molecule has 0 spiro atoms. The van der Waals surface area contributed by atoms with Crippen LogP contribution < -0.4 is 0 Å². The second-order valence-electron chi connectivity index (χ2n) is 4.42. The molecule has 6 heteroatoms. The summed E-state index contributed by atoms with van der Waals surface area (Å²) in [6.07, 6.45) is -4.87. The minimum Gasteiger partial charge on any atom is -0.318 e. The standard InChI is InChI=1S/C14H11ClF3NO/c1-8-7-12(13(20)14(16,17)18)9(2)19(8)11-5-3-10(15)4-6-11/h3-7H,1-2H3. The summed E-state index contributed by atoms with van der Waals surface area (Å²) in [4.78, 5) is 11.4. The monoisotopic (exact) mass is 301 g/mol. The van der Waals surface area contributed by atoms with Gasteiger partial charge in [0.1, 0.15) is 0 Å². The third kappa shape index (κ3) is 2.58.